The number of carboxylic acids is 1. The smallest absolute Gasteiger partial charge is 0.347 e. The quantitative estimate of drug-likeness (QED) is 0.808. The second-order valence-electron chi connectivity index (χ2n) is 2.47. The molecule has 0 amide bonds. The lowest BCUT2D eigenvalue weighted by atomic mass is 10.4. The van der Waals surface area contributed by atoms with Gasteiger partial charge in [-0.15, -0.1) is 11.3 Å². The van der Waals surface area contributed by atoms with Crippen molar-refractivity contribution < 1.29 is 14.6 Å². The Morgan fingerprint density at radius 2 is 2.54 bits per heavy atom. The van der Waals surface area contributed by atoms with Crippen LogP contribution >= 0.6 is 11.3 Å². The number of aromatic carboxylic acids is 1. The number of ether oxygens (including phenoxy) is 1. The van der Waals surface area contributed by atoms with Crippen molar-refractivity contribution in [2.75, 3.05) is 6.61 Å². The van der Waals surface area contributed by atoms with E-state index in [0.717, 1.165) is 11.3 Å². The van der Waals surface area contributed by atoms with E-state index in [4.69, 9.17) is 9.84 Å². The Morgan fingerprint density at radius 3 is 3.00 bits per heavy atom. The number of rotatable bonds is 4. The summed E-state index contributed by atoms with van der Waals surface area (Å²) in [5, 5.41) is 9.35. The number of thiazole rings is 1. The van der Waals surface area contributed by atoms with E-state index in [1.165, 1.54) is 6.20 Å². The minimum absolute atomic E-state index is 0.122. The van der Waals surface area contributed by atoms with Crippen molar-refractivity contribution in [1.29, 1.82) is 0 Å². The van der Waals surface area contributed by atoms with E-state index in [-0.39, 0.29) is 11.0 Å². The van der Waals surface area contributed by atoms with E-state index < -0.39 is 5.97 Å². The van der Waals surface area contributed by atoms with E-state index in [1.54, 1.807) is 0 Å². The van der Waals surface area contributed by atoms with Gasteiger partial charge in [-0.3, -0.25) is 0 Å². The van der Waals surface area contributed by atoms with Crippen LogP contribution in [0.2, 0.25) is 0 Å². The zero-order chi connectivity index (χ0) is 9.84. The molecule has 0 saturated heterocycles. The normalized spacial score (nSPS) is 12.8. The number of aromatic nitrogens is 1. The summed E-state index contributed by atoms with van der Waals surface area (Å²) in [6, 6.07) is 0. The molecule has 1 atom stereocenters. The first kappa shape index (κ1) is 10.1. The molecule has 0 bridgehead atoms. The van der Waals surface area contributed by atoms with Gasteiger partial charge >= 0.3 is 5.97 Å². The molecule has 13 heavy (non-hydrogen) atoms. The van der Waals surface area contributed by atoms with Gasteiger partial charge in [-0.05, 0) is 13.8 Å². The van der Waals surface area contributed by atoms with Crippen LogP contribution in [0.4, 0.5) is 0 Å². The Bertz CT molecular complexity index is 297. The molecule has 0 aliphatic rings. The van der Waals surface area contributed by atoms with Crippen LogP contribution < -0.4 is 0 Å². The van der Waals surface area contributed by atoms with E-state index in [1.807, 2.05) is 13.8 Å². The Kier molecular flexibility index (Phi) is 3.39. The Hall–Kier alpha value is -0.940. The van der Waals surface area contributed by atoms with Crippen molar-refractivity contribution in [2.45, 2.75) is 20.0 Å². The minimum Gasteiger partial charge on any atom is -0.477 e. The Labute approximate surface area is 80.2 Å². The fourth-order valence-corrected chi connectivity index (χ4v) is 1.65. The predicted molar refractivity (Wildman–Crippen MR) is 49.1 cm³/mol. The van der Waals surface area contributed by atoms with Crippen molar-refractivity contribution in [3.8, 4) is 0 Å². The highest BCUT2D eigenvalue weighted by molar-refractivity contribution is 7.13. The molecular formula is C8H11NO3S. The van der Waals surface area contributed by atoms with Gasteiger partial charge in [0.1, 0.15) is 16.0 Å². The standard InChI is InChI=1S/C8H11NO3S/c1-3-12-5(2)7-9-4-6(13-7)8(10)11/h4-5H,3H2,1-2H3,(H,10,11)/t5-/m0/s1. The Balaban J connectivity index is 2.73. The van der Waals surface area contributed by atoms with Gasteiger partial charge in [-0.1, -0.05) is 0 Å². The van der Waals surface area contributed by atoms with Gasteiger partial charge in [-0.25, -0.2) is 9.78 Å². The lowest BCUT2D eigenvalue weighted by Crippen LogP contribution is -1.97. The van der Waals surface area contributed by atoms with Crippen LogP contribution in [-0.2, 0) is 4.74 Å². The highest BCUT2D eigenvalue weighted by Crippen LogP contribution is 2.22. The number of carboxylic acid groups (broad SMARTS) is 1. The molecule has 1 rings (SSSR count). The molecule has 0 unspecified atom stereocenters. The molecule has 5 heteroatoms. The summed E-state index contributed by atoms with van der Waals surface area (Å²) in [5.74, 6) is -0.938. The van der Waals surface area contributed by atoms with Crippen LogP contribution in [0.3, 0.4) is 0 Å². The third kappa shape index (κ3) is 2.50. The molecule has 1 aromatic rings. The summed E-state index contributed by atoms with van der Waals surface area (Å²) in [6.45, 7) is 4.35. The highest BCUT2D eigenvalue weighted by Gasteiger charge is 2.13. The first-order valence-electron chi connectivity index (χ1n) is 3.95. The maximum atomic E-state index is 10.5. The van der Waals surface area contributed by atoms with Crippen molar-refractivity contribution in [2.24, 2.45) is 0 Å². The fraction of sp³-hybridized carbons (Fsp3) is 0.500. The monoisotopic (exact) mass is 201 g/mol. The molecule has 0 saturated carbocycles. The molecule has 0 fully saturated rings. The van der Waals surface area contributed by atoms with Crippen LogP contribution in [0.25, 0.3) is 0 Å². The average Bonchev–Trinajstić information content (AvgIpc) is 2.52. The second kappa shape index (κ2) is 4.34. The maximum Gasteiger partial charge on any atom is 0.347 e. The molecule has 0 aliphatic carbocycles. The third-order valence-electron chi connectivity index (χ3n) is 1.50. The summed E-state index contributed by atoms with van der Waals surface area (Å²) in [7, 11) is 0. The van der Waals surface area contributed by atoms with Gasteiger partial charge in [0.2, 0.25) is 0 Å². The first-order chi connectivity index (χ1) is 6.15. The number of carbonyl (C=O) groups is 1. The van der Waals surface area contributed by atoms with Gasteiger partial charge in [-0.2, -0.15) is 0 Å². The zero-order valence-corrected chi connectivity index (χ0v) is 8.30. The van der Waals surface area contributed by atoms with E-state index in [0.29, 0.717) is 11.6 Å². The molecule has 1 heterocycles. The predicted octanol–water partition coefficient (Wildman–Crippen LogP) is 1.94. The molecule has 4 nitrogen and oxygen atoms in total. The van der Waals surface area contributed by atoms with Crippen LogP contribution in [0.5, 0.6) is 0 Å². The summed E-state index contributed by atoms with van der Waals surface area (Å²) < 4.78 is 5.28. The lowest BCUT2D eigenvalue weighted by molar-refractivity contribution is 0.0702. The summed E-state index contributed by atoms with van der Waals surface area (Å²) in [5.41, 5.74) is 0. The second-order valence-corrected chi connectivity index (χ2v) is 3.53. The summed E-state index contributed by atoms with van der Waals surface area (Å²) >= 11 is 1.15. The maximum absolute atomic E-state index is 10.5. The molecule has 1 N–H and O–H groups in total. The van der Waals surface area contributed by atoms with Gasteiger partial charge in [0.15, 0.2) is 0 Å². The van der Waals surface area contributed by atoms with Gasteiger partial charge in [0.05, 0.1) is 6.20 Å². The minimum atomic E-state index is -0.938. The molecule has 0 aliphatic heterocycles. The van der Waals surface area contributed by atoms with Crippen LogP contribution in [0.15, 0.2) is 6.20 Å². The molecule has 72 valence electrons. The van der Waals surface area contributed by atoms with Crippen molar-refractivity contribution >= 4 is 17.3 Å². The van der Waals surface area contributed by atoms with Crippen molar-refractivity contribution in [3.05, 3.63) is 16.1 Å². The zero-order valence-electron chi connectivity index (χ0n) is 7.48. The van der Waals surface area contributed by atoms with Crippen molar-refractivity contribution in [1.82, 2.24) is 4.98 Å². The van der Waals surface area contributed by atoms with Crippen LogP contribution in [0, 0.1) is 0 Å². The van der Waals surface area contributed by atoms with E-state index in [2.05, 4.69) is 4.98 Å². The molecule has 0 radical (unpaired) electrons. The first-order valence-corrected chi connectivity index (χ1v) is 4.77. The molecule has 1 aromatic heterocycles. The molecule has 0 spiro atoms. The summed E-state index contributed by atoms with van der Waals surface area (Å²) in [6.07, 6.45) is 1.24. The number of hydrogen-bond donors (Lipinski definition) is 1. The largest absolute Gasteiger partial charge is 0.477 e. The van der Waals surface area contributed by atoms with E-state index in [9.17, 15) is 4.79 Å². The third-order valence-corrected chi connectivity index (χ3v) is 2.65. The summed E-state index contributed by atoms with van der Waals surface area (Å²) in [4.78, 5) is 14.7. The SMILES string of the molecule is CCO[C@@H](C)c1ncc(C(=O)O)s1. The average molecular weight is 201 g/mol. The molecular weight excluding hydrogens is 190 g/mol. The fourth-order valence-electron chi connectivity index (χ4n) is 0.896. The lowest BCUT2D eigenvalue weighted by Gasteiger charge is -2.06. The van der Waals surface area contributed by atoms with Gasteiger partial charge < -0.3 is 9.84 Å². The van der Waals surface area contributed by atoms with Crippen LogP contribution in [-0.4, -0.2) is 22.7 Å². The highest BCUT2D eigenvalue weighted by atomic mass is 32.1. The number of nitrogens with zero attached hydrogens (tertiary/aromatic N) is 1. The van der Waals surface area contributed by atoms with Crippen LogP contribution in [0.1, 0.15) is 34.6 Å². The number of hydrogen-bond acceptors (Lipinski definition) is 4. The van der Waals surface area contributed by atoms with Gasteiger partial charge in [0.25, 0.3) is 0 Å². The Morgan fingerprint density at radius 1 is 1.85 bits per heavy atom. The van der Waals surface area contributed by atoms with Crippen molar-refractivity contribution in [3.63, 3.8) is 0 Å². The topological polar surface area (TPSA) is 59.4 Å². The van der Waals surface area contributed by atoms with Gasteiger partial charge in [0, 0.05) is 6.61 Å². The van der Waals surface area contributed by atoms with E-state index >= 15 is 0 Å². The molecule has 0 aromatic carbocycles.